The largest absolute Gasteiger partial charge is 0.509 e. The molecule has 0 amide bonds. The van der Waals surface area contributed by atoms with E-state index in [4.69, 9.17) is 15.3 Å². The molecule has 1 aliphatic heterocycles. The van der Waals surface area contributed by atoms with Crippen molar-refractivity contribution >= 4 is 18.6 Å². The van der Waals surface area contributed by atoms with E-state index < -0.39 is 11.9 Å². The van der Waals surface area contributed by atoms with Crippen LogP contribution in [0.25, 0.3) is 0 Å². The van der Waals surface area contributed by atoms with Crippen LogP contribution in [0, 0.1) is 0 Å². The van der Waals surface area contributed by atoms with Crippen LogP contribution < -0.4 is 5.73 Å². The summed E-state index contributed by atoms with van der Waals surface area (Å²) >= 11 is 0. The van der Waals surface area contributed by atoms with Gasteiger partial charge in [-0.1, -0.05) is 0 Å². The van der Waals surface area contributed by atoms with E-state index in [-0.39, 0.29) is 12.4 Å². The third-order valence-corrected chi connectivity index (χ3v) is 2.28. The van der Waals surface area contributed by atoms with E-state index in [9.17, 15) is 4.79 Å². The summed E-state index contributed by atoms with van der Waals surface area (Å²) in [6.45, 7) is 1.29. The van der Waals surface area contributed by atoms with Gasteiger partial charge >= 0.3 is 6.16 Å². The fourth-order valence-electron chi connectivity index (χ4n) is 1.36. The Kier molecular flexibility index (Phi) is 5.89. The highest BCUT2D eigenvalue weighted by atomic mass is 35.5. The van der Waals surface area contributed by atoms with Crippen molar-refractivity contribution in [2.45, 2.75) is 18.6 Å². The molecule has 1 saturated heterocycles. The highest BCUT2D eigenvalue weighted by Crippen LogP contribution is 2.21. The van der Waals surface area contributed by atoms with E-state index in [0.717, 1.165) is 0 Å². The number of carbonyl (C=O) groups is 1. The number of halogens is 1. The molecule has 0 aromatic heterocycles. The number of hydroxylamine groups is 2. The molecule has 0 saturated carbocycles. The molecule has 1 rings (SSSR count). The summed E-state index contributed by atoms with van der Waals surface area (Å²) in [6, 6.07) is 0. The van der Waals surface area contributed by atoms with E-state index in [1.807, 2.05) is 0 Å². The average Bonchev–Trinajstić information content (AvgIpc) is 2.18. The highest BCUT2D eigenvalue weighted by molar-refractivity contribution is 5.85. The van der Waals surface area contributed by atoms with Gasteiger partial charge in [-0.05, 0) is 0 Å². The minimum atomic E-state index is -0.915. The summed E-state index contributed by atoms with van der Waals surface area (Å²) < 4.78 is 9.34. The van der Waals surface area contributed by atoms with Crippen LogP contribution in [0.2, 0.25) is 0 Å². The van der Waals surface area contributed by atoms with Gasteiger partial charge in [0, 0.05) is 25.9 Å². The van der Waals surface area contributed by atoms with Crippen molar-refractivity contribution in [3.63, 3.8) is 0 Å². The van der Waals surface area contributed by atoms with Crippen LogP contribution in [0.4, 0.5) is 4.79 Å². The lowest BCUT2D eigenvalue weighted by Crippen LogP contribution is -2.52. The monoisotopic (exact) mass is 240 g/mol. The Morgan fingerprint density at radius 2 is 1.87 bits per heavy atom. The molecule has 15 heavy (non-hydrogen) atoms. The number of methoxy groups -OCH3 is 1. The minimum Gasteiger partial charge on any atom is -0.438 e. The maximum absolute atomic E-state index is 10.9. The van der Waals surface area contributed by atoms with Gasteiger partial charge in [-0.25, -0.2) is 4.79 Å². The lowest BCUT2D eigenvalue weighted by atomic mass is 10.0. The van der Waals surface area contributed by atoms with Gasteiger partial charge in [0.25, 0.3) is 0 Å². The first-order valence-corrected chi connectivity index (χ1v) is 4.44. The van der Waals surface area contributed by atoms with Crippen LogP contribution in [-0.4, -0.2) is 44.3 Å². The predicted octanol–water partition coefficient (Wildman–Crippen LogP) is 0.503. The van der Waals surface area contributed by atoms with Crippen LogP contribution >= 0.6 is 12.4 Å². The molecular formula is C8H17ClN2O4. The smallest absolute Gasteiger partial charge is 0.438 e. The number of carbonyl (C=O) groups excluding carboxylic acids is 1. The summed E-state index contributed by atoms with van der Waals surface area (Å²) in [5, 5.41) is 1.77. The fourth-order valence-corrected chi connectivity index (χ4v) is 1.36. The number of ether oxygens (including phenoxy) is 2. The Labute approximate surface area is 95.0 Å². The molecule has 0 aromatic rings. The van der Waals surface area contributed by atoms with Gasteiger partial charge in [-0.3, -0.25) is 5.73 Å². The zero-order chi connectivity index (χ0) is 10.6. The van der Waals surface area contributed by atoms with Gasteiger partial charge in [-0.2, -0.15) is 5.06 Å². The van der Waals surface area contributed by atoms with Crippen LogP contribution in [0.5, 0.6) is 0 Å². The number of piperidine rings is 1. The Morgan fingerprint density at radius 3 is 2.27 bits per heavy atom. The summed E-state index contributed by atoms with van der Waals surface area (Å²) in [5.74, 6) is 0. The van der Waals surface area contributed by atoms with Crippen LogP contribution in [0.15, 0.2) is 0 Å². The standard InChI is InChI=1S/C8H16N2O4.ClH/c1-12-7(11)14-8(9)3-5-10(13-2)6-4-8;/h3-6,9H2,1-2H3;1H. The molecule has 90 valence electrons. The van der Waals surface area contributed by atoms with E-state index in [1.54, 1.807) is 12.2 Å². The Bertz CT molecular complexity index is 207. The quantitative estimate of drug-likeness (QED) is 0.560. The summed E-state index contributed by atoms with van der Waals surface area (Å²) in [5.41, 5.74) is 4.93. The second-order valence-corrected chi connectivity index (χ2v) is 3.23. The van der Waals surface area contributed by atoms with Gasteiger partial charge in [0.2, 0.25) is 0 Å². The second-order valence-electron chi connectivity index (χ2n) is 3.23. The number of nitrogens with two attached hydrogens (primary N) is 1. The van der Waals surface area contributed by atoms with Crippen molar-refractivity contribution in [1.82, 2.24) is 5.06 Å². The molecule has 0 bridgehead atoms. The highest BCUT2D eigenvalue weighted by Gasteiger charge is 2.34. The molecule has 2 N–H and O–H groups in total. The minimum absolute atomic E-state index is 0. The summed E-state index contributed by atoms with van der Waals surface area (Å²) in [4.78, 5) is 15.9. The van der Waals surface area contributed by atoms with Gasteiger partial charge in [0.15, 0.2) is 5.72 Å². The van der Waals surface area contributed by atoms with Gasteiger partial charge in [0.1, 0.15) is 0 Å². The SMILES string of the molecule is COC(=O)OC1(N)CCN(OC)CC1.Cl. The number of hydrogen-bond acceptors (Lipinski definition) is 6. The predicted molar refractivity (Wildman–Crippen MR) is 55.5 cm³/mol. The summed E-state index contributed by atoms with van der Waals surface area (Å²) in [7, 11) is 2.86. The maximum Gasteiger partial charge on any atom is 0.509 e. The molecule has 0 aromatic carbocycles. The van der Waals surface area contributed by atoms with Crippen molar-refractivity contribution < 1.29 is 19.1 Å². The number of nitrogens with zero attached hydrogens (tertiary/aromatic N) is 1. The molecule has 1 aliphatic rings. The molecule has 1 heterocycles. The van der Waals surface area contributed by atoms with E-state index in [1.165, 1.54) is 7.11 Å². The van der Waals surface area contributed by atoms with Crippen LogP contribution in [0.3, 0.4) is 0 Å². The molecule has 0 spiro atoms. The molecule has 0 atom stereocenters. The molecule has 0 radical (unpaired) electrons. The van der Waals surface area contributed by atoms with Crippen molar-refractivity contribution in [2.24, 2.45) is 5.73 Å². The number of rotatable bonds is 2. The van der Waals surface area contributed by atoms with Gasteiger partial charge in [-0.15, -0.1) is 12.4 Å². The third kappa shape index (κ3) is 4.21. The molecule has 6 nitrogen and oxygen atoms in total. The first-order chi connectivity index (χ1) is 6.59. The van der Waals surface area contributed by atoms with Crippen LogP contribution in [0.1, 0.15) is 12.8 Å². The molecule has 1 fully saturated rings. The Hall–Kier alpha value is -0.560. The number of hydrogen-bond donors (Lipinski definition) is 1. The third-order valence-electron chi connectivity index (χ3n) is 2.28. The first-order valence-electron chi connectivity index (χ1n) is 4.44. The lowest BCUT2D eigenvalue weighted by Gasteiger charge is -2.36. The van der Waals surface area contributed by atoms with Crippen molar-refractivity contribution in [1.29, 1.82) is 0 Å². The topological polar surface area (TPSA) is 74.0 Å². The lowest BCUT2D eigenvalue weighted by molar-refractivity contribution is -0.175. The molecule has 0 aliphatic carbocycles. The zero-order valence-corrected chi connectivity index (χ0v) is 9.71. The average molecular weight is 241 g/mol. The Morgan fingerprint density at radius 1 is 1.33 bits per heavy atom. The van der Waals surface area contributed by atoms with Gasteiger partial charge < -0.3 is 14.3 Å². The second kappa shape index (κ2) is 6.12. The normalized spacial score (nSPS) is 20.2. The fraction of sp³-hybridized carbons (Fsp3) is 0.875. The van der Waals surface area contributed by atoms with Crippen LogP contribution in [-0.2, 0) is 14.3 Å². The maximum atomic E-state index is 10.9. The first kappa shape index (κ1) is 14.4. The van der Waals surface area contributed by atoms with E-state index in [2.05, 4.69) is 4.74 Å². The molecule has 0 unspecified atom stereocenters. The Balaban J connectivity index is 0.00000196. The molecular weight excluding hydrogens is 224 g/mol. The molecule has 7 heteroatoms. The van der Waals surface area contributed by atoms with Crippen molar-refractivity contribution in [3.8, 4) is 0 Å². The van der Waals surface area contributed by atoms with E-state index in [0.29, 0.717) is 25.9 Å². The zero-order valence-electron chi connectivity index (χ0n) is 8.89. The summed E-state index contributed by atoms with van der Waals surface area (Å²) in [6.07, 6.45) is 0.338. The van der Waals surface area contributed by atoms with E-state index >= 15 is 0 Å². The van der Waals surface area contributed by atoms with Crippen molar-refractivity contribution in [2.75, 3.05) is 27.3 Å². The van der Waals surface area contributed by atoms with Crippen molar-refractivity contribution in [3.05, 3.63) is 0 Å². The van der Waals surface area contributed by atoms with Gasteiger partial charge in [0.05, 0.1) is 14.2 Å².